The van der Waals surface area contributed by atoms with Crippen molar-refractivity contribution in [3.63, 3.8) is 0 Å². The molecule has 0 saturated carbocycles. The van der Waals surface area contributed by atoms with Gasteiger partial charge in [0.15, 0.2) is 0 Å². The zero-order valence-corrected chi connectivity index (χ0v) is 25.9. The van der Waals surface area contributed by atoms with E-state index in [-0.39, 0.29) is 17.0 Å². The number of thioether (sulfide) groups is 1. The van der Waals surface area contributed by atoms with Gasteiger partial charge in [0.25, 0.3) is 11.5 Å². The average Bonchev–Trinajstić information content (AvgIpc) is 3.20. The molecule has 1 amide bonds. The Balaban J connectivity index is 1.74. The van der Waals surface area contributed by atoms with Gasteiger partial charge in [0.2, 0.25) is 0 Å². The largest absolute Gasteiger partial charge is 0.357 e. The number of carbonyl (C=O) groups excluding carboxylic acids is 1. The summed E-state index contributed by atoms with van der Waals surface area (Å²) in [6.45, 7) is 9.05. The number of rotatable bonds is 15. The van der Waals surface area contributed by atoms with E-state index in [0.29, 0.717) is 27.9 Å². The summed E-state index contributed by atoms with van der Waals surface area (Å²) in [6.07, 6.45) is 18.5. The van der Waals surface area contributed by atoms with Crippen LogP contribution < -0.4 is 10.5 Å². The van der Waals surface area contributed by atoms with E-state index >= 15 is 0 Å². The lowest BCUT2D eigenvalue weighted by Gasteiger charge is -2.33. The second-order valence-electron chi connectivity index (χ2n) is 10.9. The van der Waals surface area contributed by atoms with Crippen LogP contribution in [0.1, 0.15) is 120 Å². The van der Waals surface area contributed by atoms with Gasteiger partial charge in [-0.3, -0.25) is 19.1 Å². The van der Waals surface area contributed by atoms with Crippen molar-refractivity contribution in [3.05, 3.63) is 31.9 Å². The molecule has 214 valence electrons. The molecule has 3 rings (SSSR count). The molecule has 39 heavy (non-hydrogen) atoms. The van der Waals surface area contributed by atoms with Crippen LogP contribution in [-0.2, 0) is 11.3 Å². The van der Waals surface area contributed by atoms with Crippen LogP contribution in [0.5, 0.6) is 0 Å². The Morgan fingerprint density at radius 1 is 0.897 bits per heavy atom. The van der Waals surface area contributed by atoms with Crippen LogP contribution in [0.25, 0.3) is 6.08 Å². The molecular weight excluding hydrogens is 525 g/mol. The molecule has 1 aromatic heterocycles. The van der Waals surface area contributed by atoms with Crippen molar-refractivity contribution in [1.29, 1.82) is 5.26 Å². The van der Waals surface area contributed by atoms with Crippen LogP contribution in [0.15, 0.2) is 9.70 Å². The Hall–Kier alpha value is -2.11. The van der Waals surface area contributed by atoms with E-state index in [4.69, 9.17) is 12.2 Å². The predicted molar refractivity (Wildman–Crippen MR) is 168 cm³/mol. The summed E-state index contributed by atoms with van der Waals surface area (Å²) in [6, 6.07) is 2.14. The first kappa shape index (κ1) is 31.4. The normalized spacial score (nSPS) is 16.9. The Morgan fingerprint density at radius 2 is 1.51 bits per heavy atom. The fourth-order valence-corrected chi connectivity index (χ4v) is 6.89. The first-order chi connectivity index (χ1) is 18.9. The van der Waals surface area contributed by atoms with Crippen molar-refractivity contribution < 1.29 is 4.79 Å². The van der Waals surface area contributed by atoms with Gasteiger partial charge in [0, 0.05) is 31.7 Å². The van der Waals surface area contributed by atoms with E-state index in [1.54, 1.807) is 9.47 Å². The fraction of sp³-hybridized carbons (Fsp3) is 0.677. The number of nitrogens with zero attached hydrogens (tertiary/aromatic N) is 4. The maximum atomic E-state index is 13.4. The number of amides is 1. The van der Waals surface area contributed by atoms with Crippen LogP contribution in [0.2, 0.25) is 0 Å². The number of piperidine rings is 1. The van der Waals surface area contributed by atoms with Crippen molar-refractivity contribution in [2.75, 3.05) is 24.5 Å². The van der Waals surface area contributed by atoms with Crippen LogP contribution >= 0.6 is 24.0 Å². The minimum absolute atomic E-state index is 0.0586. The van der Waals surface area contributed by atoms with Gasteiger partial charge in [0.05, 0.1) is 4.91 Å². The molecule has 0 bridgehead atoms. The molecule has 1 aromatic rings. The van der Waals surface area contributed by atoms with Gasteiger partial charge in [0.1, 0.15) is 21.8 Å². The maximum Gasteiger partial charge on any atom is 0.270 e. The zero-order chi connectivity index (χ0) is 28.2. The zero-order valence-electron chi connectivity index (χ0n) is 24.2. The predicted octanol–water partition coefficient (Wildman–Crippen LogP) is 7.55. The highest BCUT2D eigenvalue weighted by Gasteiger charge is 2.33. The van der Waals surface area contributed by atoms with Crippen molar-refractivity contribution in [2.45, 2.75) is 117 Å². The Labute approximate surface area is 244 Å². The summed E-state index contributed by atoms with van der Waals surface area (Å²) >= 11 is 6.96. The Kier molecular flexibility index (Phi) is 13.1. The van der Waals surface area contributed by atoms with Crippen LogP contribution in [-0.4, -0.2) is 39.3 Å². The maximum absolute atomic E-state index is 13.4. The van der Waals surface area contributed by atoms with Gasteiger partial charge in [-0.15, -0.1) is 0 Å². The number of carbonyl (C=O) groups is 1. The van der Waals surface area contributed by atoms with E-state index in [9.17, 15) is 14.9 Å². The fourth-order valence-electron chi connectivity index (χ4n) is 5.60. The van der Waals surface area contributed by atoms with E-state index in [2.05, 4.69) is 17.9 Å². The van der Waals surface area contributed by atoms with Crippen molar-refractivity contribution in [2.24, 2.45) is 0 Å². The number of pyridine rings is 1. The van der Waals surface area contributed by atoms with Crippen molar-refractivity contribution in [1.82, 2.24) is 9.47 Å². The van der Waals surface area contributed by atoms with E-state index < -0.39 is 0 Å². The summed E-state index contributed by atoms with van der Waals surface area (Å²) < 4.78 is 2.36. The monoisotopic (exact) mass is 570 g/mol. The van der Waals surface area contributed by atoms with Gasteiger partial charge in [-0.25, -0.2) is 0 Å². The number of thiocarbonyl (C=S) groups is 1. The molecule has 2 fully saturated rings. The third-order valence-electron chi connectivity index (χ3n) is 7.83. The standard InChI is InChI=1S/C31H46N4O2S2/c1-4-6-7-8-9-10-11-12-13-17-21-35-30(37)27(39-31(35)38)22-25-24(3)26(23-32)29(36)34(18-5-2)28(25)33-19-15-14-16-20-33/h22H,4-21H2,1-3H3/b27-22+. The van der Waals surface area contributed by atoms with Crippen LogP contribution in [0.3, 0.4) is 0 Å². The molecule has 0 aliphatic carbocycles. The molecule has 0 radical (unpaired) electrons. The highest BCUT2D eigenvalue weighted by molar-refractivity contribution is 8.26. The van der Waals surface area contributed by atoms with Crippen molar-refractivity contribution in [3.8, 4) is 6.07 Å². The molecule has 2 aliphatic heterocycles. The van der Waals surface area contributed by atoms with E-state index in [1.165, 1.54) is 69.5 Å². The lowest BCUT2D eigenvalue weighted by molar-refractivity contribution is -0.122. The Morgan fingerprint density at radius 3 is 2.10 bits per heavy atom. The van der Waals surface area contributed by atoms with Crippen LogP contribution in [0.4, 0.5) is 5.82 Å². The van der Waals surface area contributed by atoms with Crippen molar-refractivity contribution >= 4 is 46.1 Å². The molecule has 8 heteroatoms. The number of hydrogen-bond acceptors (Lipinski definition) is 6. The second-order valence-corrected chi connectivity index (χ2v) is 12.5. The SMILES string of the molecule is CCCCCCCCCCCCN1C(=O)/C(=C\c2c(C)c(C#N)c(=O)n(CCC)c2N2CCCCC2)SC1=S. The lowest BCUT2D eigenvalue weighted by atomic mass is 10.0. The number of anilines is 1. The highest BCUT2D eigenvalue weighted by Crippen LogP contribution is 2.36. The first-order valence-electron chi connectivity index (χ1n) is 15.1. The average molecular weight is 571 g/mol. The summed E-state index contributed by atoms with van der Waals surface area (Å²) in [5.41, 5.74) is 1.38. The first-order valence-corrected chi connectivity index (χ1v) is 16.3. The molecule has 0 spiro atoms. The molecule has 0 unspecified atom stereocenters. The van der Waals surface area contributed by atoms with Crippen LogP contribution in [0, 0.1) is 18.3 Å². The molecule has 6 nitrogen and oxygen atoms in total. The Bertz CT molecular complexity index is 1130. The quantitative estimate of drug-likeness (QED) is 0.123. The van der Waals surface area contributed by atoms with Gasteiger partial charge < -0.3 is 4.90 Å². The lowest BCUT2D eigenvalue weighted by Crippen LogP contribution is -2.37. The molecule has 0 N–H and O–H groups in total. The highest BCUT2D eigenvalue weighted by atomic mass is 32.2. The number of aromatic nitrogens is 1. The molecular formula is C31H46N4O2S2. The number of nitriles is 1. The molecule has 0 atom stereocenters. The molecule has 3 heterocycles. The van der Waals surface area contributed by atoms with Gasteiger partial charge >= 0.3 is 0 Å². The summed E-state index contributed by atoms with van der Waals surface area (Å²) in [4.78, 5) is 31.3. The third-order valence-corrected chi connectivity index (χ3v) is 9.21. The summed E-state index contributed by atoms with van der Waals surface area (Å²) in [7, 11) is 0. The van der Waals surface area contributed by atoms with Gasteiger partial charge in [-0.1, -0.05) is 95.6 Å². The second kappa shape index (κ2) is 16.2. The molecule has 2 aliphatic rings. The summed E-state index contributed by atoms with van der Waals surface area (Å²) in [5, 5.41) is 9.84. The molecule has 2 saturated heterocycles. The number of unbranched alkanes of at least 4 members (excludes halogenated alkanes) is 9. The topological polar surface area (TPSA) is 69.3 Å². The third kappa shape index (κ3) is 8.20. The van der Waals surface area contributed by atoms with Gasteiger partial charge in [-0.05, 0) is 50.7 Å². The van der Waals surface area contributed by atoms with Gasteiger partial charge in [-0.2, -0.15) is 5.26 Å². The van der Waals surface area contributed by atoms with E-state index in [1.807, 2.05) is 19.9 Å². The molecule has 0 aromatic carbocycles. The smallest absolute Gasteiger partial charge is 0.270 e. The minimum Gasteiger partial charge on any atom is -0.357 e. The minimum atomic E-state index is -0.233. The van der Waals surface area contributed by atoms with E-state index in [0.717, 1.165) is 56.6 Å². The summed E-state index contributed by atoms with van der Waals surface area (Å²) in [5.74, 6) is 0.787. The number of hydrogen-bond donors (Lipinski definition) is 0.